The maximum absolute atomic E-state index is 9.27. The van der Waals surface area contributed by atoms with Crippen molar-refractivity contribution in [3.63, 3.8) is 0 Å². The lowest BCUT2D eigenvalue weighted by Gasteiger charge is -2.61. The first-order chi connectivity index (χ1) is 9.67. The highest BCUT2D eigenvalue weighted by molar-refractivity contribution is 7.71. The zero-order chi connectivity index (χ0) is 16.0. The Hall–Kier alpha value is -0.760. The van der Waals surface area contributed by atoms with Crippen molar-refractivity contribution in [2.45, 2.75) is 52.1 Å². The normalized spacial score (nSPS) is 27.9. The molecule has 0 radical (unpaired) electrons. The number of methoxy groups -OCH3 is 1. The molecule has 0 aliphatic heterocycles. The quantitative estimate of drug-likeness (QED) is 0.836. The van der Waals surface area contributed by atoms with Gasteiger partial charge in [-0.1, -0.05) is 13.8 Å². The van der Waals surface area contributed by atoms with Gasteiger partial charge >= 0.3 is 0 Å². The topological polar surface area (TPSA) is 55.4 Å². The van der Waals surface area contributed by atoms with Crippen molar-refractivity contribution in [3.8, 4) is 0 Å². The highest BCUT2D eigenvalue weighted by atomic mass is 32.1. The van der Waals surface area contributed by atoms with Crippen LogP contribution in [0.15, 0.2) is 0 Å². The minimum Gasteiger partial charge on any atom is -0.388 e. The Morgan fingerprint density at radius 1 is 1.48 bits per heavy atom. The van der Waals surface area contributed by atoms with Crippen LogP contribution in [-0.2, 0) is 25.1 Å². The number of aliphatic hydroxyl groups is 1. The summed E-state index contributed by atoms with van der Waals surface area (Å²) in [6.45, 7) is 7.14. The van der Waals surface area contributed by atoms with E-state index in [0.717, 1.165) is 6.42 Å². The molecule has 0 aromatic carbocycles. The highest BCUT2D eigenvalue weighted by Crippen LogP contribution is 2.53. The van der Waals surface area contributed by atoms with Gasteiger partial charge in [-0.3, -0.25) is 4.90 Å². The summed E-state index contributed by atoms with van der Waals surface area (Å²) in [6, 6.07) is 0.406. The summed E-state index contributed by atoms with van der Waals surface area (Å²) in [4.78, 5) is 2.25. The van der Waals surface area contributed by atoms with Gasteiger partial charge in [-0.25, -0.2) is 4.68 Å². The number of rotatable bonds is 5. The molecular weight excluding hydrogens is 288 g/mol. The van der Waals surface area contributed by atoms with Crippen LogP contribution in [0.1, 0.15) is 33.0 Å². The Morgan fingerprint density at radius 3 is 2.52 bits per heavy atom. The Kier molecular flexibility index (Phi) is 4.32. The molecule has 1 aliphatic carbocycles. The summed E-state index contributed by atoms with van der Waals surface area (Å²) in [6.07, 6.45) is 0.986. The standard InChI is InChI=1S/C14H26N4O2S/c1-13(2)10(7-14(13,3)20-6)16(4)9-18-12(21)17(5)11(8-19)15-18/h10,19H,7-9H2,1-6H3. The van der Waals surface area contributed by atoms with Crippen molar-refractivity contribution in [1.82, 2.24) is 19.2 Å². The second-order valence-corrected chi connectivity index (χ2v) is 7.06. The van der Waals surface area contributed by atoms with E-state index in [1.807, 2.05) is 7.05 Å². The van der Waals surface area contributed by atoms with Crippen molar-refractivity contribution in [2.75, 3.05) is 14.2 Å². The fourth-order valence-corrected chi connectivity index (χ4v) is 3.44. The van der Waals surface area contributed by atoms with E-state index in [1.54, 1.807) is 16.4 Å². The van der Waals surface area contributed by atoms with Crippen LogP contribution in [0.4, 0.5) is 0 Å². The van der Waals surface area contributed by atoms with Crippen molar-refractivity contribution < 1.29 is 9.84 Å². The van der Waals surface area contributed by atoms with Crippen LogP contribution in [0.5, 0.6) is 0 Å². The number of aromatic nitrogens is 3. The lowest BCUT2D eigenvalue weighted by molar-refractivity contribution is -0.209. The molecule has 7 heteroatoms. The highest BCUT2D eigenvalue weighted by Gasteiger charge is 2.58. The Bertz CT molecular complexity index is 580. The molecule has 1 aliphatic rings. The molecule has 1 fully saturated rings. The molecule has 0 saturated heterocycles. The van der Waals surface area contributed by atoms with Crippen LogP contribution in [-0.4, -0.2) is 50.2 Å². The molecule has 2 atom stereocenters. The van der Waals surface area contributed by atoms with Crippen LogP contribution < -0.4 is 0 Å². The molecule has 6 nitrogen and oxygen atoms in total. The van der Waals surface area contributed by atoms with Gasteiger partial charge in [0.05, 0.1) is 12.3 Å². The van der Waals surface area contributed by atoms with E-state index in [0.29, 0.717) is 23.3 Å². The van der Waals surface area contributed by atoms with E-state index in [9.17, 15) is 5.11 Å². The number of nitrogens with zero attached hydrogens (tertiary/aromatic N) is 4. The van der Waals surface area contributed by atoms with E-state index < -0.39 is 0 Å². The number of hydrogen-bond acceptors (Lipinski definition) is 5. The van der Waals surface area contributed by atoms with Crippen LogP contribution in [0.3, 0.4) is 0 Å². The number of hydrogen-bond donors (Lipinski definition) is 1. The second kappa shape index (κ2) is 5.46. The molecule has 1 heterocycles. The van der Waals surface area contributed by atoms with E-state index >= 15 is 0 Å². The van der Waals surface area contributed by atoms with Crippen LogP contribution in [0.25, 0.3) is 0 Å². The van der Waals surface area contributed by atoms with Crippen LogP contribution >= 0.6 is 12.2 Å². The molecule has 1 aromatic rings. The zero-order valence-corrected chi connectivity index (χ0v) is 14.6. The van der Waals surface area contributed by atoms with Gasteiger partial charge in [0.2, 0.25) is 0 Å². The third-order valence-electron chi connectivity index (χ3n) is 5.39. The summed E-state index contributed by atoms with van der Waals surface area (Å²) in [5.41, 5.74) is -0.0268. The van der Waals surface area contributed by atoms with Gasteiger partial charge in [-0.15, -0.1) is 0 Å². The first-order valence-electron chi connectivity index (χ1n) is 7.17. The van der Waals surface area contributed by atoms with Crippen LogP contribution in [0, 0.1) is 10.2 Å². The molecule has 2 rings (SSSR count). The van der Waals surface area contributed by atoms with Crippen LogP contribution in [0.2, 0.25) is 0 Å². The van der Waals surface area contributed by atoms with Crippen molar-refractivity contribution in [3.05, 3.63) is 10.6 Å². The smallest absolute Gasteiger partial charge is 0.198 e. The number of aliphatic hydroxyl groups excluding tert-OH is 1. The third-order valence-corrected chi connectivity index (χ3v) is 5.88. The van der Waals surface area contributed by atoms with Gasteiger partial charge in [0.1, 0.15) is 6.61 Å². The van der Waals surface area contributed by atoms with Gasteiger partial charge in [-0.05, 0) is 32.6 Å². The molecule has 120 valence electrons. The molecule has 2 unspecified atom stereocenters. The summed E-state index contributed by atoms with van der Waals surface area (Å²) in [5, 5.41) is 13.6. The number of ether oxygens (including phenoxy) is 1. The van der Waals surface area contributed by atoms with E-state index in [2.05, 4.69) is 37.8 Å². The Morgan fingerprint density at radius 2 is 2.10 bits per heavy atom. The first kappa shape index (κ1) is 16.6. The fourth-order valence-electron chi connectivity index (χ4n) is 3.23. The Balaban J connectivity index is 2.14. The van der Waals surface area contributed by atoms with E-state index in [4.69, 9.17) is 17.0 Å². The summed E-state index contributed by atoms with van der Waals surface area (Å²) >= 11 is 5.37. The molecule has 0 bridgehead atoms. The lowest BCUT2D eigenvalue weighted by Crippen LogP contribution is -2.68. The average molecular weight is 314 g/mol. The second-order valence-electron chi connectivity index (χ2n) is 6.69. The fraction of sp³-hybridized carbons (Fsp3) is 0.857. The molecule has 0 amide bonds. The first-order valence-corrected chi connectivity index (χ1v) is 7.57. The predicted molar refractivity (Wildman–Crippen MR) is 83.3 cm³/mol. The SMILES string of the molecule is COC1(C)CC(N(C)Cn2nc(CO)n(C)c2=S)C1(C)C. The summed E-state index contributed by atoms with van der Waals surface area (Å²) in [5.74, 6) is 0.586. The zero-order valence-electron chi connectivity index (χ0n) is 13.8. The van der Waals surface area contributed by atoms with Crippen molar-refractivity contribution in [2.24, 2.45) is 12.5 Å². The monoisotopic (exact) mass is 314 g/mol. The molecule has 1 N–H and O–H groups in total. The minimum atomic E-state index is -0.104. The molecule has 0 spiro atoms. The largest absolute Gasteiger partial charge is 0.388 e. The Labute approximate surface area is 131 Å². The van der Waals surface area contributed by atoms with Gasteiger partial charge in [0, 0.05) is 25.6 Å². The molecule has 1 aromatic heterocycles. The third kappa shape index (κ3) is 2.46. The van der Waals surface area contributed by atoms with E-state index in [1.165, 1.54) is 0 Å². The minimum absolute atomic E-state index is 0.0628. The van der Waals surface area contributed by atoms with Crippen molar-refractivity contribution in [1.29, 1.82) is 0 Å². The molecule has 1 saturated carbocycles. The van der Waals surface area contributed by atoms with Gasteiger partial charge in [0.15, 0.2) is 10.6 Å². The van der Waals surface area contributed by atoms with Crippen molar-refractivity contribution >= 4 is 12.2 Å². The van der Waals surface area contributed by atoms with Gasteiger partial charge in [-0.2, -0.15) is 5.10 Å². The predicted octanol–water partition coefficient (Wildman–Crippen LogP) is 1.54. The summed E-state index contributed by atoms with van der Waals surface area (Å²) < 4.78 is 9.81. The van der Waals surface area contributed by atoms with Gasteiger partial charge in [0.25, 0.3) is 0 Å². The lowest BCUT2D eigenvalue weighted by atomic mass is 9.55. The van der Waals surface area contributed by atoms with E-state index in [-0.39, 0.29) is 17.6 Å². The maximum atomic E-state index is 9.27. The summed E-state index contributed by atoms with van der Waals surface area (Å²) in [7, 11) is 5.68. The molecule has 21 heavy (non-hydrogen) atoms. The average Bonchev–Trinajstić information content (AvgIpc) is 2.71. The maximum Gasteiger partial charge on any atom is 0.198 e. The van der Waals surface area contributed by atoms with Gasteiger partial charge < -0.3 is 14.4 Å². The molecular formula is C14H26N4O2S.